The van der Waals surface area contributed by atoms with Crippen molar-refractivity contribution in [1.82, 2.24) is 0 Å². The summed E-state index contributed by atoms with van der Waals surface area (Å²) in [5.41, 5.74) is 3.61. The highest BCUT2D eigenvalue weighted by atomic mass is 35.5. The summed E-state index contributed by atoms with van der Waals surface area (Å²) < 4.78 is 19.3. The van der Waals surface area contributed by atoms with Crippen LogP contribution in [0.3, 0.4) is 0 Å². The maximum Gasteiger partial charge on any atom is 0.315 e. The summed E-state index contributed by atoms with van der Waals surface area (Å²) in [6.45, 7) is 4.16. The highest BCUT2D eigenvalue weighted by Gasteiger charge is 2.44. The molecule has 2 aliphatic rings. The topological polar surface area (TPSA) is 55.7 Å². The number of ketones is 1. The predicted octanol–water partition coefficient (Wildman–Crippen LogP) is 6.35. The zero-order valence-corrected chi connectivity index (χ0v) is 20.8. The molecule has 0 N–H and O–H groups in total. The van der Waals surface area contributed by atoms with Crippen molar-refractivity contribution in [1.29, 1.82) is 0 Å². The van der Waals surface area contributed by atoms with Crippen molar-refractivity contribution < 1.29 is 18.7 Å². The standard InChI is InChI=1S/C27H27ClFNO3S/c1-3-34-13-12-33-27(32)24-16(2)30-22-14-19(17-4-8-20(28)9-5-17)15-23(31)26(22)25(24)18-6-10-21(29)11-7-18/h4-11,19,24-25H,3,12-15H2,1-2H3/t19-,24?,25-/m1/s1. The largest absolute Gasteiger partial charge is 0.464 e. The molecule has 0 saturated heterocycles. The molecule has 2 aromatic rings. The number of carbonyl (C=O) groups excluding carboxylic acids is 2. The van der Waals surface area contributed by atoms with E-state index in [1.807, 2.05) is 31.2 Å². The van der Waals surface area contributed by atoms with Gasteiger partial charge >= 0.3 is 5.97 Å². The SMILES string of the molecule is CCSCCOC(=O)C1C(C)=NC2=C(C(=O)C[C@H](c3ccc(Cl)cc3)C2)[C@@H]1c1ccc(F)cc1. The molecule has 7 heteroatoms. The maximum atomic E-state index is 13.7. The van der Waals surface area contributed by atoms with E-state index in [-0.39, 0.29) is 17.5 Å². The van der Waals surface area contributed by atoms with Crippen LogP contribution in [0.1, 0.15) is 49.7 Å². The number of benzene rings is 2. The van der Waals surface area contributed by atoms with E-state index < -0.39 is 17.8 Å². The Labute approximate surface area is 208 Å². The van der Waals surface area contributed by atoms with Gasteiger partial charge in [-0.3, -0.25) is 14.6 Å². The minimum Gasteiger partial charge on any atom is -0.464 e. The van der Waals surface area contributed by atoms with Crippen molar-refractivity contribution in [2.75, 3.05) is 18.1 Å². The van der Waals surface area contributed by atoms with E-state index in [1.54, 1.807) is 23.9 Å². The van der Waals surface area contributed by atoms with Gasteiger partial charge in [-0.1, -0.05) is 42.8 Å². The molecule has 0 fully saturated rings. The summed E-state index contributed by atoms with van der Waals surface area (Å²) in [7, 11) is 0. The van der Waals surface area contributed by atoms with Gasteiger partial charge in [0.25, 0.3) is 0 Å². The smallest absolute Gasteiger partial charge is 0.315 e. The molecule has 0 saturated carbocycles. The van der Waals surface area contributed by atoms with E-state index in [1.165, 1.54) is 12.1 Å². The highest BCUT2D eigenvalue weighted by Crippen LogP contribution is 2.46. The molecule has 0 aromatic heterocycles. The molecule has 4 rings (SSSR count). The average Bonchev–Trinajstić information content (AvgIpc) is 2.81. The Balaban J connectivity index is 1.70. The second-order valence-electron chi connectivity index (χ2n) is 8.56. The van der Waals surface area contributed by atoms with E-state index in [0.717, 1.165) is 11.3 Å². The monoisotopic (exact) mass is 499 g/mol. The third-order valence-corrected chi connectivity index (χ3v) is 7.50. The van der Waals surface area contributed by atoms with Gasteiger partial charge in [0.1, 0.15) is 18.3 Å². The van der Waals surface area contributed by atoms with Crippen molar-refractivity contribution >= 4 is 40.8 Å². The number of hydrogen-bond acceptors (Lipinski definition) is 5. The molecule has 0 spiro atoms. The zero-order valence-electron chi connectivity index (χ0n) is 19.2. The summed E-state index contributed by atoms with van der Waals surface area (Å²) in [6.07, 6.45) is 0.911. The van der Waals surface area contributed by atoms with Gasteiger partial charge in [0, 0.05) is 40.1 Å². The van der Waals surface area contributed by atoms with Crippen molar-refractivity contribution in [2.45, 2.75) is 38.5 Å². The van der Waals surface area contributed by atoms with Gasteiger partial charge in [-0.25, -0.2) is 4.39 Å². The second kappa shape index (κ2) is 10.9. The Morgan fingerprint density at radius 3 is 2.47 bits per heavy atom. The molecule has 0 radical (unpaired) electrons. The average molecular weight is 500 g/mol. The number of hydrogen-bond donors (Lipinski definition) is 0. The number of Topliss-reactive ketones (excluding diaryl/α,β-unsaturated/α-hetero) is 1. The minimum atomic E-state index is -0.716. The van der Waals surface area contributed by atoms with Gasteiger partial charge in [-0.2, -0.15) is 11.8 Å². The third-order valence-electron chi connectivity index (χ3n) is 6.39. The van der Waals surface area contributed by atoms with Crippen LogP contribution in [-0.4, -0.2) is 35.6 Å². The van der Waals surface area contributed by atoms with E-state index in [2.05, 4.69) is 6.92 Å². The number of thioether (sulfide) groups is 1. The number of carbonyl (C=O) groups is 2. The lowest BCUT2D eigenvalue weighted by Crippen LogP contribution is -2.38. The van der Waals surface area contributed by atoms with Crippen LogP contribution in [-0.2, 0) is 14.3 Å². The molecule has 34 heavy (non-hydrogen) atoms. The van der Waals surface area contributed by atoms with E-state index in [4.69, 9.17) is 21.3 Å². The fourth-order valence-corrected chi connectivity index (χ4v) is 5.42. The Morgan fingerprint density at radius 2 is 1.79 bits per heavy atom. The van der Waals surface area contributed by atoms with Gasteiger partial charge in [0.05, 0.1) is 0 Å². The van der Waals surface area contributed by atoms with Gasteiger partial charge in [0.15, 0.2) is 5.78 Å². The molecule has 1 aliphatic carbocycles. The molecule has 2 aromatic carbocycles. The van der Waals surface area contributed by atoms with Crippen LogP contribution in [0.5, 0.6) is 0 Å². The number of ether oxygens (including phenoxy) is 1. The van der Waals surface area contributed by atoms with Gasteiger partial charge in [0.2, 0.25) is 0 Å². The van der Waals surface area contributed by atoms with Crippen LogP contribution >= 0.6 is 23.4 Å². The molecular weight excluding hydrogens is 473 g/mol. The number of allylic oxidation sites excluding steroid dienone is 2. The number of esters is 1. The fourth-order valence-electron chi connectivity index (χ4n) is 4.80. The summed E-state index contributed by atoms with van der Waals surface area (Å²) in [5, 5.41) is 0.646. The first-order chi connectivity index (χ1) is 16.4. The normalized spacial score (nSPS) is 22.3. The Bertz CT molecular complexity index is 1130. The summed E-state index contributed by atoms with van der Waals surface area (Å²) >= 11 is 7.73. The molecule has 178 valence electrons. The minimum absolute atomic E-state index is 0.0106. The van der Waals surface area contributed by atoms with Crippen molar-refractivity contribution in [2.24, 2.45) is 10.9 Å². The van der Waals surface area contributed by atoms with Crippen molar-refractivity contribution in [3.63, 3.8) is 0 Å². The van der Waals surface area contributed by atoms with Gasteiger partial charge in [-0.15, -0.1) is 0 Å². The molecule has 1 aliphatic heterocycles. The first-order valence-corrected chi connectivity index (χ1v) is 13.0. The Hall–Kier alpha value is -2.44. The summed E-state index contributed by atoms with van der Waals surface area (Å²) in [5.74, 6) is -0.417. The lowest BCUT2D eigenvalue weighted by molar-refractivity contribution is -0.145. The number of aliphatic imine (C=N–C) groups is 1. The van der Waals surface area contributed by atoms with E-state index in [0.29, 0.717) is 52.8 Å². The van der Waals surface area contributed by atoms with E-state index in [9.17, 15) is 14.0 Å². The number of nitrogens with zero attached hydrogens (tertiary/aromatic N) is 1. The van der Waals surface area contributed by atoms with Gasteiger partial charge < -0.3 is 4.74 Å². The molecule has 4 nitrogen and oxygen atoms in total. The predicted molar refractivity (Wildman–Crippen MR) is 135 cm³/mol. The number of rotatable bonds is 7. The first kappa shape index (κ1) is 24.7. The summed E-state index contributed by atoms with van der Waals surface area (Å²) in [6, 6.07) is 13.6. The first-order valence-electron chi connectivity index (χ1n) is 11.5. The maximum absolute atomic E-state index is 13.7. The molecule has 0 amide bonds. The van der Waals surface area contributed by atoms with E-state index >= 15 is 0 Å². The number of halogens is 2. The molecular formula is C27H27ClFNO3S. The van der Waals surface area contributed by atoms with Crippen LogP contribution < -0.4 is 0 Å². The summed E-state index contributed by atoms with van der Waals surface area (Å²) in [4.78, 5) is 31.5. The van der Waals surface area contributed by atoms with Crippen LogP contribution in [0.15, 0.2) is 64.8 Å². The highest BCUT2D eigenvalue weighted by molar-refractivity contribution is 7.99. The van der Waals surface area contributed by atoms with Crippen molar-refractivity contribution in [3.05, 3.63) is 81.8 Å². The Kier molecular flexibility index (Phi) is 7.89. The van der Waals surface area contributed by atoms with Crippen LogP contribution in [0.25, 0.3) is 0 Å². The van der Waals surface area contributed by atoms with Crippen molar-refractivity contribution in [3.8, 4) is 0 Å². The van der Waals surface area contributed by atoms with Crippen LogP contribution in [0, 0.1) is 11.7 Å². The van der Waals surface area contributed by atoms with Crippen LogP contribution in [0.4, 0.5) is 4.39 Å². The molecule has 3 atom stereocenters. The quantitative estimate of drug-likeness (QED) is 0.329. The Morgan fingerprint density at radius 1 is 1.12 bits per heavy atom. The fraction of sp³-hybridized carbons (Fsp3) is 0.370. The lowest BCUT2D eigenvalue weighted by Gasteiger charge is -2.36. The lowest BCUT2D eigenvalue weighted by atomic mass is 9.69. The van der Waals surface area contributed by atoms with Crippen LogP contribution in [0.2, 0.25) is 5.02 Å². The molecule has 1 heterocycles. The molecule has 1 unspecified atom stereocenters. The third kappa shape index (κ3) is 5.28. The zero-order chi connectivity index (χ0) is 24.2. The molecule has 0 bridgehead atoms. The second-order valence-corrected chi connectivity index (χ2v) is 10.4. The van der Waals surface area contributed by atoms with Gasteiger partial charge in [-0.05, 0) is 60.4 Å².